The molecule has 0 aliphatic rings. The molecule has 0 aromatic heterocycles. The minimum absolute atomic E-state index is 0.0664. The lowest BCUT2D eigenvalue weighted by molar-refractivity contribution is -0.115. The van der Waals surface area contributed by atoms with E-state index in [2.05, 4.69) is 21.2 Å². The molecular weight excluding hydrogens is 304 g/mol. The second-order valence-electron chi connectivity index (χ2n) is 4.39. The maximum Gasteiger partial charge on any atom is 0.228 e. The van der Waals surface area contributed by atoms with E-state index in [1.165, 1.54) is 0 Å². The molecule has 3 N–H and O–H groups in total. The number of nitrogens with one attached hydrogen (secondary N) is 1. The molecule has 0 saturated carbocycles. The number of para-hydroxylation sites is 1. The van der Waals surface area contributed by atoms with Crippen LogP contribution >= 0.6 is 15.9 Å². The molecule has 98 valence electrons. The molecule has 0 unspecified atom stereocenters. The van der Waals surface area contributed by atoms with E-state index < -0.39 is 0 Å². The molecule has 0 atom stereocenters. The largest absolute Gasteiger partial charge is 0.397 e. The Labute approximate surface area is 121 Å². The summed E-state index contributed by atoms with van der Waals surface area (Å²) in [6.07, 6.45) is 0.334. The van der Waals surface area contributed by atoms with Gasteiger partial charge in [-0.2, -0.15) is 0 Å². The maximum atomic E-state index is 12.0. The highest BCUT2D eigenvalue weighted by Crippen LogP contribution is 2.22. The van der Waals surface area contributed by atoms with E-state index in [1.807, 2.05) is 43.3 Å². The van der Waals surface area contributed by atoms with Crippen LogP contribution in [0, 0.1) is 6.92 Å². The number of nitrogen functional groups attached to an aromatic ring is 1. The van der Waals surface area contributed by atoms with E-state index >= 15 is 0 Å². The molecule has 1 amide bonds. The van der Waals surface area contributed by atoms with Gasteiger partial charge in [-0.15, -0.1) is 0 Å². The Hall–Kier alpha value is -1.81. The Morgan fingerprint density at radius 1 is 1.21 bits per heavy atom. The predicted octanol–water partition coefficient (Wildman–Crippen LogP) is 3.52. The van der Waals surface area contributed by atoms with Crippen molar-refractivity contribution in [2.45, 2.75) is 13.3 Å². The molecule has 0 heterocycles. The second-order valence-corrected chi connectivity index (χ2v) is 5.31. The van der Waals surface area contributed by atoms with Crippen LogP contribution in [0.2, 0.25) is 0 Å². The third-order valence-electron chi connectivity index (χ3n) is 2.85. The van der Waals surface area contributed by atoms with Crippen LogP contribution in [0.25, 0.3) is 0 Å². The molecule has 0 fully saturated rings. The smallest absolute Gasteiger partial charge is 0.228 e. The predicted molar refractivity (Wildman–Crippen MR) is 82.1 cm³/mol. The molecule has 3 nitrogen and oxygen atoms in total. The summed E-state index contributed by atoms with van der Waals surface area (Å²) in [5, 5.41) is 2.87. The highest BCUT2D eigenvalue weighted by Gasteiger charge is 2.08. The Balaban J connectivity index is 2.07. The topological polar surface area (TPSA) is 55.1 Å². The van der Waals surface area contributed by atoms with Gasteiger partial charge < -0.3 is 11.1 Å². The van der Waals surface area contributed by atoms with Crippen LogP contribution in [0.4, 0.5) is 11.4 Å². The fourth-order valence-corrected chi connectivity index (χ4v) is 2.10. The van der Waals surface area contributed by atoms with Crippen molar-refractivity contribution in [3.05, 3.63) is 58.1 Å². The van der Waals surface area contributed by atoms with Gasteiger partial charge >= 0.3 is 0 Å². The van der Waals surface area contributed by atoms with Crippen molar-refractivity contribution in [2.24, 2.45) is 0 Å². The minimum Gasteiger partial charge on any atom is -0.397 e. The fraction of sp³-hybridized carbons (Fsp3) is 0.133. The number of anilines is 2. The van der Waals surface area contributed by atoms with Crippen LogP contribution in [-0.2, 0) is 11.2 Å². The van der Waals surface area contributed by atoms with Crippen LogP contribution in [0.1, 0.15) is 11.1 Å². The lowest BCUT2D eigenvalue weighted by atomic mass is 10.1. The zero-order chi connectivity index (χ0) is 13.8. The molecule has 19 heavy (non-hydrogen) atoms. The molecule has 0 radical (unpaired) electrons. The molecule has 0 aliphatic heterocycles. The average molecular weight is 319 g/mol. The number of benzene rings is 2. The van der Waals surface area contributed by atoms with Crippen molar-refractivity contribution >= 4 is 33.2 Å². The first-order valence-electron chi connectivity index (χ1n) is 5.95. The molecule has 2 rings (SSSR count). The summed E-state index contributed by atoms with van der Waals surface area (Å²) < 4.78 is 1.000. The molecule has 0 spiro atoms. The molecule has 2 aromatic carbocycles. The van der Waals surface area contributed by atoms with Gasteiger partial charge in [-0.1, -0.05) is 40.2 Å². The van der Waals surface area contributed by atoms with Gasteiger partial charge in [0.05, 0.1) is 17.8 Å². The van der Waals surface area contributed by atoms with E-state index in [-0.39, 0.29) is 5.91 Å². The minimum atomic E-state index is -0.0664. The van der Waals surface area contributed by atoms with Crippen LogP contribution in [0.5, 0.6) is 0 Å². The summed E-state index contributed by atoms with van der Waals surface area (Å²) in [5.74, 6) is -0.0664. The van der Waals surface area contributed by atoms with Crippen LogP contribution in [0.3, 0.4) is 0 Å². The van der Waals surface area contributed by atoms with Gasteiger partial charge in [0.2, 0.25) is 5.91 Å². The quantitative estimate of drug-likeness (QED) is 0.851. The molecule has 0 bridgehead atoms. The summed E-state index contributed by atoms with van der Waals surface area (Å²) >= 11 is 3.37. The zero-order valence-corrected chi connectivity index (χ0v) is 12.2. The fourth-order valence-electron chi connectivity index (χ4n) is 1.83. The summed E-state index contributed by atoms with van der Waals surface area (Å²) in [5.41, 5.74) is 9.08. The van der Waals surface area contributed by atoms with Crippen LogP contribution in [0.15, 0.2) is 46.9 Å². The first kappa shape index (κ1) is 13.6. The first-order valence-corrected chi connectivity index (χ1v) is 6.75. The van der Waals surface area contributed by atoms with Crippen LogP contribution < -0.4 is 11.1 Å². The van der Waals surface area contributed by atoms with E-state index in [4.69, 9.17) is 5.73 Å². The number of hydrogen-bond donors (Lipinski definition) is 2. The van der Waals surface area contributed by atoms with Crippen molar-refractivity contribution in [1.29, 1.82) is 0 Å². The Morgan fingerprint density at radius 3 is 2.53 bits per heavy atom. The number of amides is 1. The number of aryl methyl sites for hydroxylation is 1. The number of rotatable bonds is 3. The van der Waals surface area contributed by atoms with Crippen molar-refractivity contribution < 1.29 is 4.79 Å². The van der Waals surface area contributed by atoms with Gasteiger partial charge in [0.15, 0.2) is 0 Å². The number of carbonyl (C=O) groups excluding carboxylic acids is 1. The summed E-state index contributed by atoms with van der Waals surface area (Å²) in [4.78, 5) is 12.0. The molecule has 4 heteroatoms. The third kappa shape index (κ3) is 3.58. The number of hydrogen-bond acceptors (Lipinski definition) is 2. The van der Waals surface area contributed by atoms with Crippen molar-refractivity contribution in [1.82, 2.24) is 0 Å². The van der Waals surface area contributed by atoms with Crippen LogP contribution in [-0.4, -0.2) is 5.91 Å². The van der Waals surface area contributed by atoms with Gasteiger partial charge in [0.25, 0.3) is 0 Å². The van der Waals surface area contributed by atoms with Gasteiger partial charge in [-0.3, -0.25) is 4.79 Å². The highest BCUT2D eigenvalue weighted by molar-refractivity contribution is 9.10. The van der Waals surface area contributed by atoms with Crippen molar-refractivity contribution in [3.8, 4) is 0 Å². The SMILES string of the molecule is Cc1cccc(N)c1NC(=O)Cc1ccc(Br)cc1. The number of nitrogens with two attached hydrogens (primary N) is 1. The summed E-state index contributed by atoms with van der Waals surface area (Å²) in [6.45, 7) is 1.92. The van der Waals surface area contributed by atoms with E-state index in [0.29, 0.717) is 17.8 Å². The summed E-state index contributed by atoms with van der Waals surface area (Å²) in [7, 11) is 0. The molecule has 2 aromatic rings. The normalized spacial score (nSPS) is 10.2. The van der Waals surface area contributed by atoms with Gasteiger partial charge in [-0.05, 0) is 36.2 Å². The van der Waals surface area contributed by atoms with E-state index in [0.717, 1.165) is 15.6 Å². The summed E-state index contributed by atoms with van der Waals surface area (Å²) in [6, 6.07) is 13.3. The molecule has 0 aliphatic carbocycles. The second kappa shape index (κ2) is 5.89. The standard InChI is InChI=1S/C15H15BrN2O/c1-10-3-2-4-13(17)15(10)18-14(19)9-11-5-7-12(16)8-6-11/h2-8H,9,17H2,1H3,(H,18,19). The Kier molecular flexibility index (Phi) is 4.22. The maximum absolute atomic E-state index is 12.0. The van der Waals surface area contributed by atoms with Gasteiger partial charge in [-0.25, -0.2) is 0 Å². The Bertz CT molecular complexity index is 573. The van der Waals surface area contributed by atoms with Crippen molar-refractivity contribution in [2.75, 3.05) is 11.1 Å². The molecular formula is C15H15BrN2O. The first-order chi connectivity index (χ1) is 9.06. The van der Waals surface area contributed by atoms with Gasteiger partial charge in [0, 0.05) is 4.47 Å². The van der Waals surface area contributed by atoms with Crippen molar-refractivity contribution in [3.63, 3.8) is 0 Å². The zero-order valence-electron chi connectivity index (χ0n) is 10.6. The number of carbonyl (C=O) groups is 1. The van der Waals surface area contributed by atoms with Gasteiger partial charge in [0.1, 0.15) is 0 Å². The molecule has 0 saturated heterocycles. The Morgan fingerprint density at radius 2 is 1.89 bits per heavy atom. The average Bonchev–Trinajstić information content (AvgIpc) is 2.37. The lowest BCUT2D eigenvalue weighted by Gasteiger charge is -2.11. The van der Waals surface area contributed by atoms with E-state index in [1.54, 1.807) is 6.07 Å². The monoisotopic (exact) mass is 318 g/mol. The number of halogens is 1. The highest BCUT2D eigenvalue weighted by atomic mass is 79.9. The third-order valence-corrected chi connectivity index (χ3v) is 3.38. The lowest BCUT2D eigenvalue weighted by Crippen LogP contribution is -2.16. The van der Waals surface area contributed by atoms with E-state index in [9.17, 15) is 4.79 Å².